The van der Waals surface area contributed by atoms with Gasteiger partial charge in [-0.15, -0.1) is 0 Å². The van der Waals surface area contributed by atoms with Crippen LogP contribution in [0.2, 0.25) is 0 Å². The van der Waals surface area contributed by atoms with Gasteiger partial charge in [0.1, 0.15) is 5.58 Å². The first-order valence-electron chi connectivity index (χ1n) is 17.7. The number of hydrogen-bond donors (Lipinski definition) is 0. The molecule has 0 radical (unpaired) electrons. The molecule has 3 heterocycles. The number of rotatable bonds is 7. The maximum Gasteiger partial charge on any atom is 0.153 e. The fraction of sp³-hybridized carbons (Fsp3) is 0.0625. The predicted octanol–water partition coefficient (Wildman–Crippen LogP) is 12.7. The van der Waals surface area contributed by atoms with Crippen LogP contribution in [0.4, 0.5) is 0 Å². The van der Waals surface area contributed by atoms with Crippen molar-refractivity contribution in [3.8, 4) is 16.8 Å². The van der Waals surface area contributed by atoms with Gasteiger partial charge in [-0.25, -0.2) is 0 Å². The smallest absolute Gasteiger partial charge is 0.153 e. The Morgan fingerprint density at radius 1 is 0.529 bits per heavy atom. The molecule has 1 unspecified atom stereocenters. The van der Waals surface area contributed by atoms with Gasteiger partial charge in [-0.3, -0.25) is 4.98 Å². The van der Waals surface area contributed by atoms with Crippen molar-refractivity contribution in [3.63, 3.8) is 0 Å². The Morgan fingerprint density at radius 2 is 1.24 bits per heavy atom. The zero-order valence-corrected chi connectivity index (χ0v) is 28.0. The van der Waals surface area contributed by atoms with Gasteiger partial charge in [-0.05, 0) is 82.3 Å². The molecule has 0 spiro atoms. The number of fused-ring (bicyclic) bond motifs is 8. The van der Waals surface area contributed by atoms with Crippen molar-refractivity contribution in [2.24, 2.45) is 0 Å². The molecule has 0 aliphatic heterocycles. The third kappa shape index (κ3) is 5.09. The standard InChI is InChI=1S/C48H34N2O/c1-2-10-33(11-3-1)34-21-18-32(19-22-34)20-28-38(43-30-42-40-14-7-9-17-46(40)51-47(42)31-49-43)36-23-26-37(27-24-36)50-44-16-8-6-15-41(44)48-39-13-5-4-12-35(39)25-29-45(48)50/h1-19,21-27,29-31,38H,20,28H2. The van der Waals surface area contributed by atoms with Gasteiger partial charge in [0.25, 0.3) is 0 Å². The molecule has 7 aromatic carbocycles. The van der Waals surface area contributed by atoms with Gasteiger partial charge >= 0.3 is 0 Å². The molecule has 3 nitrogen and oxygen atoms in total. The van der Waals surface area contributed by atoms with Gasteiger partial charge in [0.05, 0.1) is 17.2 Å². The van der Waals surface area contributed by atoms with E-state index in [4.69, 9.17) is 9.40 Å². The number of nitrogens with zero attached hydrogens (tertiary/aromatic N) is 2. The Labute approximate surface area is 296 Å². The third-order valence-electron chi connectivity index (χ3n) is 10.5. The molecule has 0 aliphatic carbocycles. The van der Waals surface area contributed by atoms with Gasteiger partial charge in [-0.1, -0.05) is 133 Å². The number of para-hydroxylation sites is 2. The second-order valence-electron chi connectivity index (χ2n) is 13.5. The summed E-state index contributed by atoms with van der Waals surface area (Å²) in [6.45, 7) is 0. The Hall–Kier alpha value is -6.45. The van der Waals surface area contributed by atoms with E-state index in [9.17, 15) is 0 Å². The molecule has 10 aromatic rings. The largest absolute Gasteiger partial charge is 0.454 e. The molecule has 3 aromatic heterocycles. The molecule has 10 rings (SSSR count). The first kappa shape index (κ1) is 29.5. The van der Waals surface area contributed by atoms with Crippen molar-refractivity contribution in [1.82, 2.24) is 9.55 Å². The zero-order chi connectivity index (χ0) is 33.7. The van der Waals surface area contributed by atoms with E-state index in [0.717, 1.165) is 46.2 Å². The van der Waals surface area contributed by atoms with Crippen molar-refractivity contribution in [1.29, 1.82) is 0 Å². The highest BCUT2D eigenvalue weighted by atomic mass is 16.3. The molecular formula is C48H34N2O. The summed E-state index contributed by atoms with van der Waals surface area (Å²) in [5.41, 5.74) is 11.4. The summed E-state index contributed by atoms with van der Waals surface area (Å²) < 4.78 is 8.57. The van der Waals surface area contributed by atoms with E-state index in [1.54, 1.807) is 0 Å². The first-order valence-corrected chi connectivity index (χ1v) is 17.7. The van der Waals surface area contributed by atoms with Crippen molar-refractivity contribution >= 4 is 54.5 Å². The average molecular weight is 655 g/mol. The minimum absolute atomic E-state index is 0.105. The van der Waals surface area contributed by atoms with Gasteiger partial charge < -0.3 is 8.98 Å². The fourth-order valence-corrected chi connectivity index (χ4v) is 8.00. The summed E-state index contributed by atoms with van der Waals surface area (Å²) >= 11 is 0. The molecular weight excluding hydrogens is 621 g/mol. The van der Waals surface area contributed by atoms with Crippen molar-refractivity contribution in [3.05, 3.63) is 193 Å². The van der Waals surface area contributed by atoms with Crippen LogP contribution < -0.4 is 0 Å². The molecule has 0 fully saturated rings. The second kappa shape index (κ2) is 12.2. The van der Waals surface area contributed by atoms with Crippen molar-refractivity contribution < 1.29 is 4.42 Å². The normalized spacial score (nSPS) is 12.4. The lowest BCUT2D eigenvalue weighted by molar-refractivity contribution is 0.662. The van der Waals surface area contributed by atoms with Gasteiger partial charge in [0, 0.05) is 38.8 Å². The number of pyridine rings is 1. The highest BCUT2D eigenvalue weighted by Crippen LogP contribution is 2.38. The molecule has 0 aliphatic rings. The van der Waals surface area contributed by atoms with Crippen LogP contribution in [0.25, 0.3) is 71.3 Å². The van der Waals surface area contributed by atoms with Crippen LogP contribution in [0.5, 0.6) is 0 Å². The summed E-state index contributed by atoms with van der Waals surface area (Å²) in [5, 5.41) is 7.35. The lowest BCUT2D eigenvalue weighted by Gasteiger charge is -2.19. The second-order valence-corrected chi connectivity index (χ2v) is 13.5. The summed E-state index contributed by atoms with van der Waals surface area (Å²) in [6.07, 6.45) is 3.77. The molecule has 51 heavy (non-hydrogen) atoms. The van der Waals surface area contributed by atoms with E-state index in [2.05, 4.69) is 162 Å². The maximum atomic E-state index is 6.16. The Balaban J connectivity index is 1.05. The summed E-state index contributed by atoms with van der Waals surface area (Å²) in [7, 11) is 0. The molecule has 0 bridgehead atoms. The van der Waals surface area contributed by atoms with Crippen molar-refractivity contribution in [2.45, 2.75) is 18.8 Å². The maximum absolute atomic E-state index is 6.16. The van der Waals surface area contributed by atoms with Crippen LogP contribution in [-0.2, 0) is 6.42 Å². The first-order chi connectivity index (χ1) is 25.3. The SMILES string of the molecule is c1ccc(-c2ccc(CCC(c3ccc(-n4c5ccccc5c5c6ccccc6ccc54)cc3)c3cc4c(cn3)oc3ccccc34)cc2)cc1. The fourth-order valence-electron chi connectivity index (χ4n) is 8.00. The quantitative estimate of drug-likeness (QED) is 0.171. The van der Waals surface area contributed by atoms with E-state index >= 15 is 0 Å². The van der Waals surface area contributed by atoms with Crippen LogP contribution in [-0.4, -0.2) is 9.55 Å². The molecule has 242 valence electrons. The highest BCUT2D eigenvalue weighted by Gasteiger charge is 2.20. The summed E-state index contributed by atoms with van der Waals surface area (Å²) in [4.78, 5) is 5.03. The minimum atomic E-state index is 0.105. The predicted molar refractivity (Wildman–Crippen MR) is 212 cm³/mol. The number of hydrogen-bond acceptors (Lipinski definition) is 2. The third-order valence-corrected chi connectivity index (χ3v) is 10.5. The minimum Gasteiger partial charge on any atom is -0.454 e. The molecule has 0 saturated carbocycles. The van der Waals surface area contributed by atoms with Crippen LogP contribution in [0.3, 0.4) is 0 Å². The Morgan fingerprint density at radius 3 is 2.08 bits per heavy atom. The van der Waals surface area contributed by atoms with Gasteiger partial charge in [0.15, 0.2) is 5.58 Å². The van der Waals surface area contributed by atoms with Crippen LogP contribution >= 0.6 is 0 Å². The van der Waals surface area contributed by atoms with Crippen LogP contribution in [0, 0.1) is 0 Å². The number of aromatic nitrogens is 2. The average Bonchev–Trinajstić information content (AvgIpc) is 3.75. The van der Waals surface area contributed by atoms with E-state index in [-0.39, 0.29) is 5.92 Å². The Bertz CT molecular complexity index is 2840. The van der Waals surface area contributed by atoms with Gasteiger partial charge in [0.2, 0.25) is 0 Å². The summed E-state index contributed by atoms with van der Waals surface area (Å²) in [6, 6.07) is 61.2. The van der Waals surface area contributed by atoms with E-state index in [0.29, 0.717) is 0 Å². The molecule has 0 saturated heterocycles. The lowest BCUT2D eigenvalue weighted by atomic mass is 9.88. The molecule has 0 N–H and O–H groups in total. The van der Waals surface area contributed by atoms with Crippen LogP contribution in [0.1, 0.15) is 29.2 Å². The highest BCUT2D eigenvalue weighted by molar-refractivity contribution is 6.21. The molecule has 1 atom stereocenters. The van der Waals surface area contributed by atoms with E-state index in [1.165, 1.54) is 54.8 Å². The van der Waals surface area contributed by atoms with Crippen molar-refractivity contribution in [2.75, 3.05) is 0 Å². The number of aryl methyl sites for hydroxylation is 1. The van der Waals surface area contributed by atoms with Gasteiger partial charge in [-0.2, -0.15) is 0 Å². The zero-order valence-electron chi connectivity index (χ0n) is 28.0. The monoisotopic (exact) mass is 654 g/mol. The molecule has 0 amide bonds. The summed E-state index contributed by atoms with van der Waals surface area (Å²) in [5.74, 6) is 0.105. The number of furan rings is 1. The Kier molecular flexibility index (Phi) is 7.02. The lowest BCUT2D eigenvalue weighted by Crippen LogP contribution is -2.06. The number of benzene rings is 7. The van der Waals surface area contributed by atoms with E-state index < -0.39 is 0 Å². The topological polar surface area (TPSA) is 31.0 Å². The van der Waals surface area contributed by atoms with E-state index in [1.807, 2.05) is 18.3 Å². The van der Waals surface area contributed by atoms with Crippen LogP contribution in [0.15, 0.2) is 180 Å². The molecule has 3 heteroatoms.